The Hall–Kier alpha value is -1.10. The van der Waals surface area contributed by atoms with E-state index in [1.165, 1.54) is 11.3 Å². The number of aliphatic hydroxyl groups excluding tert-OH is 1. The molecule has 2 aromatic heterocycles. The molecule has 3 aliphatic heterocycles. The van der Waals surface area contributed by atoms with Crippen molar-refractivity contribution in [3.63, 3.8) is 0 Å². The molecule has 0 saturated heterocycles. The summed E-state index contributed by atoms with van der Waals surface area (Å²) in [6.45, 7) is -0.126. The van der Waals surface area contributed by atoms with Crippen LogP contribution in [0.15, 0.2) is 4.42 Å². The zero-order valence-electron chi connectivity index (χ0n) is 7.35. The van der Waals surface area contributed by atoms with Crippen molar-refractivity contribution in [3.8, 4) is 11.5 Å². The molecule has 5 nitrogen and oxygen atoms in total. The van der Waals surface area contributed by atoms with Crippen LogP contribution in [0.3, 0.4) is 0 Å². The molecule has 1 atom stereocenters. The Labute approximate surface area is 87.9 Å². The summed E-state index contributed by atoms with van der Waals surface area (Å²) >= 11 is 1.22. The van der Waals surface area contributed by atoms with Crippen LogP contribution in [0, 0.1) is 0 Å². The van der Waals surface area contributed by atoms with E-state index in [0.29, 0.717) is 27.0 Å². The minimum absolute atomic E-state index is 0.126. The second-order valence-corrected chi connectivity index (χ2v) is 7.16. The van der Waals surface area contributed by atoms with Gasteiger partial charge in [0, 0.05) is 0 Å². The number of thiazole rings is 1. The number of aliphatic hydroxyl groups is 1. The summed E-state index contributed by atoms with van der Waals surface area (Å²) in [6.07, 6.45) is 0. The van der Waals surface area contributed by atoms with E-state index >= 15 is 0 Å². The van der Waals surface area contributed by atoms with Gasteiger partial charge in [0.15, 0.2) is 16.4 Å². The summed E-state index contributed by atoms with van der Waals surface area (Å²) in [5.41, 5.74) is 6.75. The first-order valence-electron chi connectivity index (χ1n) is 4.33. The van der Waals surface area contributed by atoms with Crippen LogP contribution in [0.5, 0.6) is 0 Å². The number of anilines is 1. The quantitative estimate of drug-likeness (QED) is 0.471. The highest BCUT2D eigenvalue weighted by atomic mass is 32.1. The van der Waals surface area contributed by atoms with Gasteiger partial charge in [-0.25, -0.2) is 4.98 Å². The highest BCUT2D eigenvalue weighted by Crippen LogP contribution is 2.70. The first-order chi connectivity index (χ1) is 7.17. The van der Waals surface area contributed by atoms with E-state index < -0.39 is 7.14 Å². The normalized spacial score (nSPS) is 24.1. The van der Waals surface area contributed by atoms with Crippen LogP contribution >= 0.6 is 18.5 Å². The van der Waals surface area contributed by atoms with Gasteiger partial charge in [0.05, 0.1) is 22.1 Å². The number of rotatable bonds is 2. The van der Waals surface area contributed by atoms with Gasteiger partial charge in [-0.05, 0) is 0 Å². The highest BCUT2D eigenvalue weighted by Gasteiger charge is 2.75. The summed E-state index contributed by atoms with van der Waals surface area (Å²) in [5.74, 6) is 0.556. The fraction of sp³-hybridized carbons (Fsp3) is 0.125. The van der Waals surface area contributed by atoms with E-state index in [2.05, 4.69) is 4.98 Å². The third-order valence-electron chi connectivity index (χ3n) is 2.73. The maximum Gasteiger partial charge on any atom is 0.214 e. The predicted octanol–water partition coefficient (Wildman–Crippen LogP) is -0.256. The average molecular weight is 240 g/mol. The number of nitrogens with two attached hydrogens (primary N) is 1. The monoisotopic (exact) mass is 240 g/mol. The van der Waals surface area contributed by atoms with E-state index in [0.717, 1.165) is 10.6 Å². The number of furan rings is 1. The summed E-state index contributed by atoms with van der Waals surface area (Å²) < 4.78 is 17.1. The molecule has 2 bridgehead atoms. The molecule has 3 aliphatic rings. The first-order valence-corrected chi connectivity index (χ1v) is 6.85. The van der Waals surface area contributed by atoms with Gasteiger partial charge in [0.25, 0.3) is 0 Å². The van der Waals surface area contributed by atoms with Crippen LogP contribution in [0.25, 0.3) is 11.5 Å². The topological polar surface area (TPSA) is 89.4 Å². The molecular formula is C8H5N2O3PS. The van der Waals surface area contributed by atoms with Crippen molar-refractivity contribution in [2.75, 3.05) is 5.73 Å². The van der Waals surface area contributed by atoms with Gasteiger partial charge in [-0.15, -0.1) is 0 Å². The number of fused-ring (bicyclic) bond motifs is 1. The van der Waals surface area contributed by atoms with Crippen molar-refractivity contribution >= 4 is 39.7 Å². The minimum Gasteiger partial charge on any atom is -0.449 e. The number of nitrogen functional groups attached to an aromatic ring is 1. The average Bonchev–Trinajstić information content (AvgIpc) is 2.79. The summed E-state index contributed by atoms with van der Waals surface area (Å²) in [7, 11) is -2.20. The van der Waals surface area contributed by atoms with Gasteiger partial charge in [0.1, 0.15) is 5.69 Å². The zero-order valence-corrected chi connectivity index (χ0v) is 9.06. The van der Waals surface area contributed by atoms with E-state index in [1.807, 2.05) is 0 Å². The second kappa shape index (κ2) is 2.04. The van der Waals surface area contributed by atoms with E-state index in [-0.39, 0.29) is 6.61 Å². The fourth-order valence-electron chi connectivity index (χ4n) is 1.92. The van der Waals surface area contributed by atoms with Crippen LogP contribution in [0.2, 0.25) is 0 Å². The number of aromatic nitrogens is 1. The predicted molar refractivity (Wildman–Crippen MR) is 56.7 cm³/mol. The molecule has 0 saturated carbocycles. The number of hydrogen-bond donors (Lipinski definition) is 2. The summed E-state index contributed by atoms with van der Waals surface area (Å²) in [5, 5.41) is 11.2. The Kier molecular flexibility index (Phi) is 1.10. The molecule has 1 unspecified atom stereocenters. The third kappa shape index (κ3) is 0.697. The lowest BCUT2D eigenvalue weighted by molar-refractivity contribution is 0.285. The first kappa shape index (κ1) is 8.10. The summed E-state index contributed by atoms with van der Waals surface area (Å²) in [4.78, 5) is 4.75. The molecule has 0 fully saturated rings. The minimum atomic E-state index is -2.20. The standard InChI is InChI=1S/C8H5N2O3PS/c9-8-10-3(2(1-11)15-8)4-5-6-7(13-4)14(5,6)12/h11H,1H2,(H2,9,10). The molecule has 3 N–H and O–H groups in total. The van der Waals surface area contributed by atoms with Crippen molar-refractivity contribution in [3.05, 3.63) is 4.88 Å². The molecule has 0 radical (unpaired) electrons. The van der Waals surface area contributed by atoms with E-state index in [1.54, 1.807) is 0 Å². The number of nitrogens with zero attached hydrogens (tertiary/aromatic N) is 1. The highest BCUT2D eigenvalue weighted by molar-refractivity contribution is 8.06. The van der Waals surface area contributed by atoms with Crippen LogP contribution in [-0.4, -0.2) is 10.1 Å². The lowest BCUT2D eigenvalue weighted by Crippen LogP contribution is -1.97. The molecule has 76 valence electrons. The Balaban J connectivity index is 1.95. The third-order valence-corrected chi connectivity index (χ3v) is 6.15. The van der Waals surface area contributed by atoms with Gasteiger partial charge >= 0.3 is 0 Å². The molecule has 5 heterocycles. The molecule has 15 heavy (non-hydrogen) atoms. The molecule has 0 spiro atoms. The van der Waals surface area contributed by atoms with Gasteiger partial charge in [-0.1, -0.05) is 11.3 Å². The van der Waals surface area contributed by atoms with Crippen molar-refractivity contribution < 1.29 is 14.1 Å². The largest absolute Gasteiger partial charge is 0.449 e. The molecule has 7 heteroatoms. The second-order valence-electron chi connectivity index (χ2n) is 3.52. The van der Waals surface area contributed by atoms with E-state index in [4.69, 9.17) is 15.3 Å². The van der Waals surface area contributed by atoms with Crippen molar-refractivity contribution in [2.45, 2.75) is 6.61 Å². The van der Waals surface area contributed by atoms with Crippen molar-refractivity contribution in [1.82, 2.24) is 4.98 Å². The van der Waals surface area contributed by atoms with Gasteiger partial charge < -0.3 is 19.8 Å². The summed E-state index contributed by atoms with van der Waals surface area (Å²) in [6, 6.07) is 0. The molecule has 2 aromatic rings. The molecular weight excluding hydrogens is 235 g/mol. The van der Waals surface area contributed by atoms with E-state index in [9.17, 15) is 4.57 Å². The molecule has 0 amide bonds. The SMILES string of the molecule is Nc1nc(-c2oc3c4c2P34=O)c(CO)s1. The van der Waals surface area contributed by atoms with Crippen molar-refractivity contribution in [1.29, 1.82) is 0 Å². The van der Waals surface area contributed by atoms with Gasteiger partial charge in [-0.2, -0.15) is 0 Å². The number of hydrogen-bond acceptors (Lipinski definition) is 6. The van der Waals surface area contributed by atoms with Gasteiger partial charge in [-0.3, -0.25) is 0 Å². The fourth-order valence-corrected chi connectivity index (χ4v) is 5.09. The zero-order chi connectivity index (χ0) is 10.4. The van der Waals surface area contributed by atoms with Crippen LogP contribution < -0.4 is 21.8 Å². The Bertz CT molecular complexity index is 663. The molecule has 0 aliphatic carbocycles. The Morgan fingerprint density at radius 2 is 2.27 bits per heavy atom. The van der Waals surface area contributed by atoms with Gasteiger partial charge in [0.2, 0.25) is 7.14 Å². The van der Waals surface area contributed by atoms with Crippen LogP contribution in [0.4, 0.5) is 5.13 Å². The van der Waals surface area contributed by atoms with Crippen LogP contribution in [0.1, 0.15) is 4.88 Å². The lowest BCUT2D eigenvalue weighted by Gasteiger charge is -1.92. The maximum atomic E-state index is 11.7. The maximum absolute atomic E-state index is 11.7. The smallest absolute Gasteiger partial charge is 0.214 e. The van der Waals surface area contributed by atoms with Crippen molar-refractivity contribution in [2.24, 2.45) is 0 Å². The Morgan fingerprint density at radius 1 is 1.53 bits per heavy atom. The molecule has 5 rings (SSSR count). The lowest BCUT2D eigenvalue weighted by atomic mass is 10.3. The Morgan fingerprint density at radius 3 is 2.80 bits per heavy atom. The van der Waals surface area contributed by atoms with Crippen LogP contribution in [-0.2, 0) is 11.2 Å². The molecule has 0 aromatic carbocycles.